The van der Waals surface area contributed by atoms with Crippen molar-refractivity contribution < 1.29 is 23.1 Å². The molecule has 0 saturated carbocycles. The molecule has 164 valence electrons. The molecule has 0 radical (unpaired) electrons. The fourth-order valence-corrected chi connectivity index (χ4v) is 9.17. The normalized spacial score (nSPS) is 23.8. The van der Waals surface area contributed by atoms with Gasteiger partial charge in [-0.25, -0.2) is 8.42 Å². The first-order chi connectivity index (χ1) is 13.9. The quantitative estimate of drug-likeness (QED) is 0.456. The Hall–Kier alpha value is -1.64. The molecule has 1 aromatic carbocycles. The van der Waals surface area contributed by atoms with Crippen molar-refractivity contribution in [2.75, 3.05) is 5.75 Å². The molecule has 1 fully saturated rings. The third-order valence-electron chi connectivity index (χ3n) is 5.60. The molecule has 0 amide bonds. The standard InChI is InChI=1S/C22H30O5S2Si/c1-16(23)27-22(18(13-15-30(2,3)4)6-5-14-29(22,25)26)21-12-11-20(28-21)17-7-9-19(24)10-8-17/h7-12,18,24H,5-6,13-15H2,1-4H3/t18?,22-/m0/s1. The largest absolute Gasteiger partial charge is 0.508 e. The van der Waals surface area contributed by atoms with Gasteiger partial charge in [0.2, 0.25) is 4.93 Å². The van der Waals surface area contributed by atoms with Gasteiger partial charge in [0.1, 0.15) is 5.75 Å². The number of thiophene rings is 1. The van der Waals surface area contributed by atoms with Gasteiger partial charge < -0.3 is 9.84 Å². The molecule has 0 bridgehead atoms. The number of hydrogen-bond acceptors (Lipinski definition) is 6. The SMILES string of the molecule is CC(=O)O[C@@]1(c2ccc(-c3ccc(O)cc3)s2)C(CC[Si](C)(C)C)CCCS1(=O)=O. The van der Waals surface area contributed by atoms with Crippen LogP contribution in [0.15, 0.2) is 36.4 Å². The lowest BCUT2D eigenvalue weighted by molar-refractivity contribution is -0.154. The molecule has 1 saturated heterocycles. The van der Waals surface area contributed by atoms with E-state index in [0.29, 0.717) is 11.3 Å². The Morgan fingerprint density at radius 3 is 2.47 bits per heavy atom. The lowest BCUT2D eigenvalue weighted by Gasteiger charge is -2.42. The first-order valence-corrected chi connectivity index (χ1v) is 16.4. The first-order valence-electron chi connectivity index (χ1n) is 10.3. The van der Waals surface area contributed by atoms with Crippen molar-refractivity contribution in [1.82, 2.24) is 0 Å². The number of ether oxygens (including phenoxy) is 1. The Bertz CT molecular complexity index is 1000. The van der Waals surface area contributed by atoms with Crippen molar-refractivity contribution in [2.24, 2.45) is 5.92 Å². The van der Waals surface area contributed by atoms with Crippen LogP contribution in [0.25, 0.3) is 10.4 Å². The highest BCUT2D eigenvalue weighted by Crippen LogP contribution is 2.51. The number of benzene rings is 1. The Kier molecular flexibility index (Phi) is 6.50. The topological polar surface area (TPSA) is 80.7 Å². The zero-order valence-electron chi connectivity index (χ0n) is 18.0. The minimum atomic E-state index is -3.68. The Morgan fingerprint density at radius 1 is 1.20 bits per heavy atom. The molecule has 1 aliphatic rings. The number of sulfone groups is 1. The van der Waals surface area contributed by atoms with E-state index in [-0.39, 0.29) is 17.4 Å². The van der Waals surface area contributed by atoms with E-state index in [4.69, 9.17) is 4.74 Å². The van der Waals surface area contributed by atoms with E-state index in [1.165, 1.54) is 18.3 Å². The molecule has 30 heavy (non-hydrogen) atoms. The van der Waals surface area contributed by atoms with Gasteiger partial charge in [0.05, 0.1) is 10.6 Å². The van der Waals surface area contributed by atoms with Crippen LogP contribution in [0.1, 0.15) is 31.1 Å². The number of phenols is 1. The van der Waals surface area contributed by atoms with Gasteiger partial charge in [-0.2, -0.15) is 0 Å². The van der Waals surface area contributed by atoms with E-state index in [0.717, 1.165) is 29.3 Å². The minimum Gasteiger partial charge on any atom is -0.508 e. The van der Waals surface area contributed by atoms with Crippen molar-refractivity contribution in [3.8, 4) is 16.2 Å². The number of rotatable bonds is 6. The molecular formula is C22H30O5S2Si. The lowest BCUT2D eigenvalue weighted by Crippen LogP contribution is -2.50. The van der Waals surface area contributed by atoms with Crippen molar-refractivity contribution >= 4 is 35.2 Å². The number of carbonyl (C=O) groups excluding carboxylic acids is 1. The zero-order valence-corrected chi connectivity index (χ0v) is 20.6. The van der Waals surface area contributed by atoms with Crippen LogP contribution in [-0.2, 0) is 24.3 Å². The van der Waals surface area contributed by atoms with Gasteiger partial charge in [0.15, 0.2) is 9.84 Å². The summed E-state index contributed by atoms with van der Waals surface area (Å²) < 4.78 is 32.7. The third-order valence-corrected chi connectivity index (χ3v) is 11.2. The van der Waals surface area contributed by atoms with Gasteiger partial charge in [-0.05, 0) is 61.2 Å². The van der Waals surface area contributed by atoms with Gasteiger partial charge in [-0.3, -0.25) is 4.79 Å². The fraction of sp³-hybridized carbons (Fsp3) is 0.500. The Balaban J connectivity index is 2.10. The van der Waals surface area contributed by atoms with Crippen LogP contribution in [0.3, 0.4) is 0 Å². The summed E-state index contributed by atoms with van der Waals surface area (Å²) in [5, 5.41) is 9.55. The highest BCUT2D eigenvalue weighted by molar-refractivity contribution is 7.92. The van der Waals surface area contributed by atoms with Gasteiger partial charge in [-0.1, -0.05) is 25.7 Å². The number of phenolic OH excluding ortho intramolecular Hbond substituents is 1. The molecular weight excluding hydrogens is 436 g/mol. The van der Waals surface area contributed by atoms with Crippen LogP contribution in [0, 0.1) is 5.92 Å². The highest BCUT2D eigenvalue weighted by atomic mass is 32.2. The van der Waals surface area contributed by atoms with Gasteiger partial charge >= 0.3 is 5.97 Å². The average molecular weight is 467 g/mol. The molecule has 2 aromatic rings. The van der Waals surface area contributed by atoms with Gasteiger partial charge in [-0.15, -0.1) is 11.3 Å². The van der Waals surface area contributed by atoms with E-state index in [1.54, 1.807) is 30.3 Å². The summed E-state index contributed by atoms with van der Waals surface area (Å²) in [5.74, 6) is -0.625. The summed E-state index contributed by atoms with van der Waals surface area (Å²) in [4.78, 5) is 12.0. The predicted molar refractivity (Wildman–Crippen MR) is 124 cm³/mol. The summed E-state index contributed by atoms with van der Waals surface area (Å²) >= 11 is 1.35. The van der Waals surface area contributed by atoms with Crippen molar-refractivity contribution in [3.05, 3.63) is 41.3 Å². The Morgan fingerprint density at radius 2 is 1.87 bits per heavy atom. The Labute approximate surface area is 184 Å². The molecule has 5 nitrogen and oxygen atoms in total. The first kappa shape index (κ1) is 23.0. The second-order valence-electron chi connectivity index (χ2n) is 9.23. The van der Waals surface area contributed by atoms with Crippen molar-refractivity contribution in [2.45, 2.75) is 56.8 Å². The van der Waals surface area contributed by atoms with Gasteiger partial charge in [0.25, 0.3) is 0 Å². The molecule has 0 spiro atoms. The number of carbonyl (C=O) groups is 1. The molecule has 1 unspecified atom stereocenters. The third kappa shape index (κ3) is 4.65. The summed E-state index contributed by atoms with van der Waals surface area (Å²) in [6.07, 6.45) is 2.05. The van der Waals surface area contributed by atoms with Gasteiger partial charge in [0, 0.05) is 25.8 Å². The molecule has 2 atom stereocenters. The molecule has 8 heteroatoms. The maximum Gasteiger partial charge on any atom is 0.304 e. The second kappa shape index (κ2) is 8.47. The van der Waals surface area contributed by atoms with Crippen LogP contribution in [0.5, 0.6) is 5.75 Å². The van der Waals surface area contributed by atoms with Crippen LogP contribution in [0.4, 0.5) is 0 Å². The predicted octanol–water partition coefficient (Wildman–Crippen LogP) is 5.39. The van der Waals surface area contributed by atoms with Crippen molar-refractivity contribution in [1.29, 1.82) is 0 Å². The number of aromatic hydroxyl groups is 1. The van der Waals surface area contributed by atoms with Crippen LogP contribution >= 0.6 is 11.3 Å². The van der Waals surface area contributed by atoms with Crippen LogP contribution in [-0.4, -0.2) is 33.3 Å². The minimum absolute atomic E-state index is 0.0240. The molecule has 1 aromatic heterocycles. The van der Waals surface area contributed by atoms with E-state index in [1.807, 2.05) is 6.07 Å². The summed E-state index contributed by atoms with van der Waals surface area (Å²) in [6, 6.07) is 11.4. The van der Waals surface area contributed by atoms with Crippen LogP contribution < -0.4 is 0 Å². The number of hydrogen-bond donors (Lipinski definition) is 1. The second-order valence-corrected chi connectivity index (χ2v) is 18.2. The smallest absolute Gasteiger partial charge is 0.304 e. The molecule has 1 N–H and O–H groups in total. The number of esters is 1. The van der Waals surface area contributed by atoms with E-state index in [9.17, 15) is 18.3 Å². The maximum atomic E-state index is 13.5. The van der Waals surface area contributed by atoms with Crippen LogP contribution in [0.2, 0.25) is 25.7 Å². The summed E-state index contributed by atoms with van der Waals surface area (Å²) in [6.45, 7) is 8.10. The molecule has 0 aliphatic carbocycles. The summed E-state index contributed by atoms with van der Waals surface area (Å²) in [7, 11) is -5.08. The molecule has 2 heterocycles. The van der Waals surface area contributed by atoms with Crippen molar-refractivity contribution in [3.63, 3.8) is 0 Å². The zero-order chi connectivity index (χ0) is 22.2. The van der Waals surface area contributed by atoms with E-state index < -0.39 is 28.8 Å². The summed E-state index contributed by atoms with van der Waals surface area (Å²) in [5.41, 5.74) is 0.883. The average Bonchev–Trinajstić information content (AvgIpc) is 3.12. The fourth-order valence-electron chi connectivity index (χ4n) is 4.13. The maximum absolute atomic E-state index is 13.5. The molecule has 3 rings (SSSR count). The van der Waals surface area contributed by atoms with E-state index >= 15 is 0 Å². The highest BCUT2D eigenvalue weighted by Gasteiger charge is 2.57. The van der Waals surface area contributed by atoms with E-state index in [2.05, 4.69) is 19.6 Å². The monoisotopic (exact) mass is 466 g/mol. The lowest BCUT2D eigenvalue weighted by atomic mass is 9.91. The molecule has 1 aliphatic heterocycles.